The van der Waals surface area contributed by atoms with E-state index in [4.69, 9.17) is 23.2 Å². The number of carbonyl (C=O) groups excluding carboxylic acids is 1. The number of fused-ring (bicyclic) bond motifs is 2. The van der Waals surface area contributed by atoms with Crippen LogP contribution in [0.25, 0.3) is 0 Å². The SMILES string of the molecule is C/C=C(Cl)\C(=C/C)N1CCC2(CC1)CN(C(=O)c1ccccc1F)c1ccc(Cl)cc12. The van der Waals surface area contributed by atoms with E-state index in [1.165, 1.54) is 12.1 Å². The van der Waals surface area contributed by atoms with E-state index in [9.17, 15) is 9.18 Å². The number of piperidine rings is 1. The molecule has 0 unspecified atom stereocenters. The molecule has 0 aliphatic carbocycles. The third-order valence-corrected chi connectivity index (χ3v) is 7.11. The van der Waals surface area contributed by atoms with Gasteiger partial charge in [0.2, 0.25) is 0 Å². The fourth-order valence-corrected chi connectivity index (χ4v) is 5.23. The maximum absolute atomic E-state index is 14.4. The number of nitrogens with zero attached hydrogens (tertiary/aromatic N) is 2. The van der Waals surface area contributed by atoms with Crippen LogP contribution in [0.5, 0.6) is 0 Å². The molecule has 1 amide bonds. The molecule has 2 heterocycles. The van der Waals surface area contributed by atoms with Crippen LogP contribution in [0.2, 0.25) is 5.02 Å². The van der Waals surface area contributed by atoms with Gasteiger partial charge in [0.15, 0.2) is 0 Å². The highest BCUT2D eigenvalue weighted by Gasteiger charge is 2.47. The van der Waals surface area contributed by atoms with Crippen molar-refractivity contribution in [2.45, 2.75) is 32.1 Å². The van der Waals surface area contributed by atoms with Crippen molar-refractivity contribution in [1.29, 1.82) is 0 Å². The zero-order valence-electron chi connectivity index (χ0n) is 17.7. The van der Waals surface area contributed by atoms with Crippen LogP contribution in [0.4, 0.5) is 10.1 Å². The third-order valence-electron chi connectivity index (χ3n) is 6.46. The summed E-state index contributed by atoms with van der Waals surface area (Å²) in [5.74, 6) is -0.815. The summed E-state index contributed by atoms with van der Waals surface area (Å²) in [5.41, 5.74) is 2.81. The van der Waals surface area contributed by atoms with Crippen LogP contribution in [0.1, 0.15) is 42.6 Å². The molecule has 0 bridgehead atoms. The van der Waals surface area contributed by atoms with Crippen molar-refractivity contribution in [3.63, 3.8) is 0 Å². The van der Waals surface area contributed by atoms with Gasteiger partial charge in [-0.1, -0.05) is 47.5 Å². The zero-order valence-corrected chi connectivity index (χ0v) is 19.2. The van der Waals surface area contributed by atoms with Gasteiger partial charge >= 0.3 is 0 Å². The second-order valence-electron chi connectivity index (χ2n) is 8.11. The molecule has 1 saturated heterocycles. The number of benzene rings is 2. The van der Waals surface area contributed by atoms with Crippen LogP contribution in [-0.2, 0) is 5.41 Å². The standard InChI is InChI=1S/C25H25Cl2FN2O/c1-3-20(27)22(4-2)29-13-11-25(12-14-29)16-30(23-10-9-17(26)15-19(23)25)24(31)18-7-5-6-8-21(18)28/h3-10,15H,11-14,16H2,1-2H3/b20-3+,22-4+. The topological polar surface area (TPSA) is 23.6 Å². The van der Waals surface area contributed by atoms with Gasteiger partial charge in [-0.2, -0.15) is 0 Å². The van der Waals surface area contributed by atoms with Crippen molar-refractivity contribution in [3.8, 4) is 0 Å². The van der Waals surface area contributed by atoms with Gasteiger partial charge in [0.25, 0.3) is 5.91 Å². The summed E-state index contributed by atoms with van der Waals surface area (Å²) in [6, 6.07) is 11.8. The molecule has 0 atom stereocenters. The molecule has 0 N–H and O–H groups in total. The molecular formula is C25H25Cl2FN2O. The van der Waals surface area contributed by atoms with Crippen molar-refractivity contribution < 1.29 is 9.18 Å². The lowest BCUT2D eigenvalue weighted by Crippen LogP contribution is -2.45. The monoisotopic (exact) mass is 458 g/mol. The van der Waals surface area contributed by atoms with E-state index in [1.807, 2.05) is 38.1 Å². The zero-order chi connectivity index (χ0) is 22.2. The van der Waals surface area contributed by atoms with Gasteiger partial charge in [0.05, 0.1) is 16.3 Å². The van der Waals surface area contributed by atoms with Gasteiger partial charge in [-0.15, -0.1) is 0 Å². The number of carbonyl (C=O) groups is 1. The van der Waals surface area contributed by atoms with Crippen molar-refractivity contribution >= 4 is 34.8 Å². The van der Waals surface area contributed by atoms with Crippen molar-refractivity contribution in [2.75, 3.05) is 24.5 Å². The van der Waals surface area contributed by atoms with E-state index >= 15 is 0 Å². The molecule has 162 valence electrons. The summed E-state index contributed by atoms with van der Waals surface area (Å²) >= 11 is 12.8. The number of halogens is 3. The second-order valence-corrected chi connectivity index (χ2v) is 8.95. The number of amides is 1. The van der Waals surface area contributed by atoms with Gasteiger partial charge in [-0.25, -0.2) is 4.39 Å². The Morgan fingerprint density at radius 2 is 1.81 bits per heavy atom. The first kappa shape index (κ1) is 21.9. The highest BCUT2D eigenvalue weighted by atomic mass is 35.5. The van der Waals surface area contributed by atoms with Crippen LogP contribution in [0.3, 0.4) is 0 Å². The van der Waals surface area contributed by atoms with Gasteiger partial charge < -0.3 is 9.80 Å². The molecule has 4 rings (SSSR count). The Morgan fingerprint density at radius 1 is 1.10 bits per heavy atom. The Morgan fingerprint density at radius 3 is 2.45 bits per heavy atom. The van der Waals surface area contributed by atoms with E-state index in [-0.39, 0.29) is 16.9 Å². The molecule has 31 heavy (non-hydrogen) atoms. The molecular weight excluding hydrogens is 434 g/mol. The maximum Gasteiger partial charge on any atom is 0.261 e. The molecule has 6 heteroatoms. The fourth-order valence-electron chi connectivity index (χ4n) is 4.83. The summed E-state index contributed by atoms with van der Waals surface area (Å²) in [6.07, 6.45) is 5.65. The Labute approximate surface area is 192 Å². The minimum Gasteiger partial charge on any atom is -0.371 e. The van der Waals surface area contributed by atoms with Crippen LogP contribution in [0.15, 0.2) is 65.3 Å². The number of rotatable bonds is 3. The minimum absolute atomic E-state index is 0.0916. The van der Waals surface area contributed by atoms with Crippen molar-refractivity contribution in [1.82, 2.24) is 4.90 Å². The molecule has 1 fully saturated rings. The lowest BCUT2D eigenvalue weighted by molar-refractivity contribution is 0.0975. The molecule has 0 saturated carbocycles. The molecule has 2 aliphatic heterocycles. The van der Waals surface area contributed by atoms with E-state index in [0.717, 1.165) is 47.9 Å². The molecule has 1 spiro atoms. The molecule has 2 aromatic rings. The highest BCUT2D eigenvalue weighted by molar-refractivity contribution is 6.32. The Bertz CT molecular complexity index is 1070. The predicted molar refractivity (Wildman–Crippen MR) is 125 cm³/mol. The van der Waals surface area contributed by atoms with Gasteiger partial charge in [0.1, 0.15) is 5.82 Å². The smallest absolute Gasteiger partial charge is 0.261 e. The van der Waals surface area contributed by atoms with Crippen LogP contribution in [-0.4, -0.2) is 30.4 Å². The molecule has 2 aromatic carbocycles. The predicted octanol–water partition coefficient (Wildman–Crippen LogP) is 6.52. The van der Waals surface area contributed by atoms with Crippen molar-refractivity contribution in [2.24, 2.45) is 0 Å². The summed E-state index contributed by atoms with van der Waals surface area (Å²) in [6.45, 7) is 6.07. The summed E-state index contributed by atoms with van der Waals surface area (Å²) in [7, 11) is 0. The number of hydrogen-bond donors (Lipinski definition) is 0. The first-order chi connectivity index (χ1) is 14.9. The van der Waals surface area contributed by atoms with Crippen LogP contribution in [0, 0.1) is 5.82 Å². The average molecular weight is 459 g/mol. The minimum atomic E-state index is -0.502. The third kappa shape index (κ3) is 3.88. The van der Waals surface area contributed by atoms with Gasteiger partial charge in [-0.3, -0.25) is 4.79 Å². The van der Waals surface area contributed by atoms with E-state index < -0.39 is 5.82 Å². The van der Waals surface area contributed by atoms with Gasteiger partial charge in [0, 0.05) is 35.8 Å². The fraction of sp³-hybridized carbons (Fsp3) is 0.320. The lowest BCUT2D eigenvalue weighted by Gasteiger charge is -2.41. The van der Waals surface area contributed by atoms with E-state index in [2.05, 4.69) is 4.90 Å². The summed E-state index contributed by atoms with van der Waals surface area (Å²) < 4.78 is 14.4. The molecule has 0 radical (unpaired) electrons. The summed E-state index contributed by atoms with van der Waals surface area (Å²) in [4.78, 5) is 17.3. The quantitative estimate of drug-likeness (QED) is 0.488. The Hall–Kier alpha value is -2.30. The Balaban J connectivity index is 1.66. The molecule has 2 aliphatic rings. The van der Waals surface area contributed by atoms with Crippen LogP contribution < -0.4 is 4.90 Å². The van der Waals surface area contributed by atoms with E-state index in [0.29, 0.717) is 11.6 Å². The second kappa shape index (κ2) is 8.68. The number of hydrogen-bond acceptors (Lipinski definition) is 2. The average Bonchev–Trinajstić information content (AvgIpc) is 3.08. The maximum atomic E-state index is 14.4. The number of likely N-dealkylation sites (tertiary alicyclic amines) is 1. The summed E-state index contributed by atoms with van der Waals surface area (Å²) in [5, 5.41) is 1.39. The van der Waals surface area contributed by atoms with Crippen molar-refractivity contribution in [3.05, 3.63) is 87.3 Å². The first-order valence-electron chi connectivity index (χ1n) is 10.5. The molecule has 0 aromatic heterocycles. The first-order valence-corrected chi connectivity index (χ1v) is 11.3. The number of anilines is 1. The number of allylic oxidation sites excluding steroid dienone is 3. The molecule has 3 nitrogen and oxygen atoms in total. The highest BCUT2D eigenvalue weighted by Crippen LogP contribution is 2.49. The van der Waals surface area contributed by atoms with Crippen LogP contribution >= 0.6 is 23.2 Å². The largest absolute Gasteiger partial charge is 0.371 e. The lowest BCUT2D eigenvalue weighted by atomic mass is 9.74. The normalized spacial score (nSPS) is 18.5. The Kier molecular flexibility index (Phi) is 6.14. The van der Waals surface area contributed by atoms with E-state index in [1.54, 1.807) is 23.1 Å². The van der Waals surface area contributed by atoms with Gasteiger partial charge in [-0.05, 0) is 62.6 Å².